The molecule has 2 atom stereocenters. The van der Waals surface area contributed by atoms with Crippen molar-refractivity contribution in [1.82, 2.24) is 0 Å². The maximum Gasteiger partial charge on any atom is 0.157 e. The summed E-state index contributed by atoms with van der Waals surface area (Å²) in [5, 5.41) is 47.3. The van der Waals surface area contributed by atoms with Crippen LogP contribution >= 0.6 is 0 Å². The monoisotopic (exact) mass is 302 g/mol. The Bertz CT molecular complexity index is 649. The first-order valence-electron chi connectivity index (χ1n) is 6.79. The molecule has 0 radical (unpaired) electrons. The minimum atomic E-state index is -1.04. The van der Waals surface area contributed by atoms with Crippen LogP contribution in [-0.2, 0) is 0 Å². The number of phenols is 3. The van der Waals surface area contributed by atoms with Crippen LogP contribution in [0.5, 0.6) is 17.2 Å². The van der Waals surface area contributed by atoms with E-state index in [9.17, 15) is 25.5 Å². The fourth-order valence-corrected chi connectivity index (χ4v) is 2.12. The molecular weight excluding hydrogens is 284 g/mol. The summed E-state index contributed by atoms with van der Waals surface area (Å²) in [6.07, 6.45) is 2.39. The minimum absolute atomic E-state index is 0.160. The van der Waals surface area contributed by atoms with Crippen molar-refractivity contribution in [3.05, 3.63) is 59.7 Å². The number of phenolic OH excluding ortho intramolecular Hbond substituents is 3. The highest BCUT2D eigenvalue weighted by Gasteiger charge is 2.19. The van der Waals surface area contributed by atoms with E-state index < -0.39 is 18.6 Å². The molecule has 0 amide bonds. The molecule has 2 rings (SSSR count). The predicted molar refractivity (Wildman–Crippen MR) is 82.7 cm³/mol. The van der Waals surface area contributed by atoms with Crippen LogP contribution < -0.4 is 0 Å². The van der Waals surface area contributed by atoms with E-state index >= 15 is 0 Å². The molecule has 0 saturated heterocycles. The zero-order chi connectivity index (χ0) is 16.1. The molecule has 5 nitrogen and oxygen atoms in total. The largest absolute Gasteiger partial charge is 0.508 e. The van der Waals surface area contributed by atoms with Gasteiger partial charge in [-0.05, 0) is 35.4 Å². The van der Waals surface area contributed by atoms with Crippen molar-refractivity contribution in [2.45, 2.75) is 12.0 Å². The Balaban J connectivity index is 2.29. The summed E-state index contributed by atoms with van der Waals surface area (Å²) in [5.41, 5.74) is 1.38. The van der Waals surface area contributed by atoms with E-state index in [1.165, 1.54) is 12.1 Å². The van der Waals surface area contributed by atoms with Gasteiger partial charge >= 0.3 is 0 Å². The van der Waals surface area contributed by atoms with E-state index in [1.807, 2.05) is 0 Å². The Morgan fingerprint density at radius 2 is 1.59 bits per heavy atom. The maximum absolute atomic E-state index is 9.97. The molecule has 0 bridgehead atoms. The average molecular weight is 302 g/mol. The zero-order valence-electron chi connectivity index (χ0n) is 11.8. The van der Waals surface area contributed by atoms with Crippen LogP contribution in [0.1, 0.15) is 17.0 Å². The Labute approximate surface area is 128 Å². The molecule has 0 aliphatic carbocycles. The van der Waals surface area contributed by atoms with Gasteiger partial charge in [-0.1, -0.05) is 30.4 Å². The third kappa shape index (κ3) is 3.78. The molecule has 22 heavy (non-hydrogen) atoms. The number of hydrogen-bond donors (Lipinski definition) is 5. The number of aromatic hydroxyl groups is 3. The van der Waals surface area contributed by atoms with E-state index in [1.54, 1.807) is 42.5 Å². The molecule has 5 heteroatoms. The molecule has 0 spiro atoms. The molecule has 2 aromatic rings. The number of benzene rings is 2. The van der Waals surface area contributed by atoms with Gasteiger partial charge in [0.05, 0.1) is 12.7 Å². The Morgan fingerprint density at radius 1 is 0.909 bits per heavy atom. The average Bonchev–Trinajstić information content (AvgIpc) is 2.52. The van der Waals surface area contributed by atoms with Crippen LogP contribution in [0.3, 0.4) is 0 Å². The fraction of sp³-hybridized carbons (Fsp3) is 0.176. The molecule has 2 unspecified atom stereocenters. The van der Waals surface area contributed by atoms with Gasteiger partial charge in [0.25, 0.3) is 0 Å². The molecule has 2 aromatic carbocycles. The Morgan fingerprint density at radius 3 is 2.18 bits per heavy atom. The topological polar surface area (TPSA) is 101 Å². The lowest BCUT2D eigenvalue weighted by Gasteiger charge is -2.19. The van der Waals surface area contributed by atoms with Crippen LogP contribution in [0.2, 0.25) is 0 Å². The summed E-state index contributed by atoms with van der Waals surface area (Å²) in [7, 11) is 0. The summed E-state index contributed by atoms with van der Waals surface area (Å²) in [4.78, 5) is 0. The van der Waals surface area contributed by atoms with Gasteiger partial charge in [-0.3, -0.25) is 0 Å². The summed E-state index contributed by atoms with van der Waals surface area (Å²) >= 11 is 0. The number of hydrogen-bond acceptors (Lipinski definition) is 5. The van der Waals surface area contributed by atoms with E-state index in [4.69, 9.17) is 0 Å². The van der Waals surface area contributed by atoms with Crippen LogP contribution in [0, 0.1) is 0 Å². The SMILES string of the molecule is OCC(O)C(C=Cc1ccc(O)cc1)c1ccc(O)c(O)c1. The standard InChI is InChI=1S/C17H18O5/c18-10-17(22)14(12-4-8-15(20)16(21)9-12)7-3-11-1-5-13(19)6-2-11/h1-9,14,17-22H,10H2. The first kappa shape index (κ1) is 15.9. The molecule has 0 saturated carbocycles. The second-order valence-electron chi connectivity index (χ2n) is 4.97. The van der Waals surface area contributed by atoms with Crippen LogP contribution in [0.15, 0.2) is 48.5 Å². The highest BCUT2D eigenvalue weighted by Crippen LogP contribution is 2.31. The molecule has 5 N–H and O–H groups in total. The van der Waals surface area contributed by atoms with Crippen molar-refractivity contribution in [3.8, 4) is 17.2 Å². The smallest absolute Gasteiger partial charge is 0.157 e. The van der Waals surface area contributed by atoms with Crippen molar-refractivity contribution in [2.75, 3.05) is 6.61 Å². The lowest BCUT2D eigenvalue weighted by Crippen LogP contribution is -2.20. The number of rotatable bonds is 5. The molecule has 0 aliphatic heterocycles. The van der Waals surface area contributed by atoms with Gasteiger partial charge in [-0.25, -0.2) is 0 Å². The van der Waals surface area contributed by atoms with Crippen molar-refractivity contribution < 1.29 is 25.5 Å². The van der Waals surface area contributed by atoms with Gasteiger partial charge in [0.15, 0.2) is 11.5 Å². The van der Waals surface area contributed by atoms with E-state index in [0.29, 0.717) is 5.56 Å². The van der Waals surface area contributed by atoms with Gasteiger partial charge in [0, 0.05) is 5.92 Å². The highest BCUT2D eigenvalue weighted by atomic mass is 16.3. The summed E-state index contributed by atoms with van der Waals surface area (Å²) < 4.78 is 0. The zero-order valence-corrected chi connectivity index (χ0v) is 11.8. The summed E-state index contributed by atoms with van der Waals surface area (Å²) in [5.74, 6) is -0.924. The first-order chi connectivity index (χ1) is 10.5. The molecule has 116 valence electrons. The van der Waals surface area contributed by atoms with E-state index in [0.717, 1.165) is 5.56 Å². The van der Waals surface area contributed by atoms with Gasteiger partial charge < -0.3 is 25.5 Å². The summed E-state index contributed by atoms with van der Waals surface area (Å²) in [6, 6.07) is 10.8. The van der Waals surface area contributed by atoms with Crippen molar-refractivity contribution in [1.29, 1.82) is 0 Å². The van der Waals surface area contributed by atoms with Gasteiger partial charge in [0.2, 0.25) is 0 Å². The van der Waals surface area contributed by atoms with Crippen molar-refractivity contribution in [3.63, 3.8) is 0 Å². The van der Waals surface area contributed by atoms with Gasteiger partial charge in [0.1, 0.15) is 5.75 Å². The molecule has 0 aromatic heterocycles. The number of aliphatic hydroxyl groups excluding tert-OH is 2. The fourth-order valence-electron chi connectivity index (χ4n) is 2.12. The van der Waals surface area contributed by atoms with Crippen molar-refractivity contribution >= 4 is 6.08 Å². The van der Waals surface area contributed by atoms with E-state index in [-0.39, 0.29) is 17.2 Å². The second kappa shape index (κ2) is 6.98. The Hall–Kier alpha value is -2.50. The maximum atomic E-state index is 9.97. The molecular formula is C17H18O5. The van der Waals surface area contributed by atoms with Crippen LogP contribution in [-0.4, -0.2) is 38.2 Å². The lowest BCUT2D eigenvalue weighted by atomic mass is 9.92. The highest BCUT2D eigenvalue weighted by molar-refractivity contribution is 5.53. The lowest BCUT2D eigenvalue weighted by molar-refractivity contribution is 0.0842. The Kier molecular flexibility index (Phi) is 5.04. The molecule has 0 aliphatic rings. The number of aliphatic hydroxyl groups is 2. The van der Waals surface area contributed by atoms with E-state index in [2.05, 4.69) is 0 Å². The first-order valence-corrected chi connectivity index (χ1v) is 6.79. The molecule has 0 fully saturated rings. The normalized spacial score (nSPS) is 14.1. The quantitative estimate of drug-likeness (QED) is 0.543. The van der Waals surface area contributed by atoms with Crippen LogP contribution in [0.25, 0.3) is 6.08 Å². The minimum Gasteiger partial charge on any atom is -0.508 e. The summed E-state index contributed by atoms with van der Waals surface area (Å²) in [6.45, 7) is -0.438. The molecule has 0 heterocycles. The van der Waals surface area contributed by atoms with Crippen molar-refractivity contribution in [2.24, 2.45) is 0 Å². The van der Waals surface area contributed by atoms with Gasteiger partial charge in [-0.2, -0.15) is 0 Å². The van der Waals surface area contributed by atoms with Crippen LogP contribution in [0.4, 0.5) is 0 Å². The third-order valence-electron chi connectivity index (χ3n) is 3.38. The van der Waals surface area contributed by atoms with Gasteiger partial charge in [-0.15, -0.1) is 0 Å². The second-order valence-corrected chi connectivity index (χ2v) is 4.97. The predicted octanol–water partition coefficient (Wildman–Crippen LogP) is 1.95. The third-order valence-corrected chi connectivity index (χ3v) is 3.38.